The molecule has 0 unspecified atom stereocenters. The Morgan fingerprint density at radius 1 is 1.39 bits per heavy atom. The second kappa shape index (κ2) is 4.78. The van der Waals surface area contributed by atoms with Gasteiger partial charge in [0, 0.05) is 18.8 Å². The van der Waals surface area contributed by atoms with Gasteiger partial charge in [0.2, 0.25) is 5.91 Å². The molecule has 1 amide bonds. The van der Waals surface area contributed by atoms with Crippen LogP contribution in [0.15, 0.2) is 18.2 Å². The van der Waals surface area contributed by atoms with Gasteiger partial charge in [-0.15, -0.1) is 0 Å². The lowest BCUT2D eigenvalue weighted by atomic mass is 10.0. The van der Waals surface area contributed by atoms with Crippen LogP contribution in [-0.2, 0) is 11.0 Å². The number of benzene rings is 1. The third kappa shape index (κ3) is 2.76. The fourth-order valence-corrected chi connectivity index (χ4v) is 1.76. The van der Waals surface area contributed by atoms with Crippen LogP contribution in [0.1, 0.15) is 5.56 Å². The van der Waals surface area contributed by atoms with Gasteiger partial charge in [-0.25, -0.2) is 0 Å². The number of halogens is 4. The SMILES string of the molecule is O=C(Nc1ccc(Cl)c(C(F)(F)F)c1)C1CNC1. The molecule has 2 N–H and O–H groups in total. The summed E-state index contributed by atoms with van der Waals surface area (Å²) >= 11 is 5.48. The van der Waals surface area contributed by atoms with Gasteiger partial charge in [0.15, 0.2) is 0 Å². The van der Waals surface area contributed by atoms with Crippen molar-refractivity contribution in [3.8, 4) is 0 Å². The summed E-state index contributed by atoms with van der Waals surface area (Å²) in [7, 11) is 0. The number of nitrogens with one attached hydrogen (secondary N) is 2. The highest BCUT2D eigenvalue weighted by Crippen LogP contribution is 2.36. The Balaban J connectivity index is 2.16. The number of carbonyl (C=O) groups is 1. The van der Waals surface area contributed by atoms with Crippen LogP contribution >= 0.6 is 11.6 Å². The smallest absolute Gasteiger partial charge is 0.326 e. The normalized spacial score (nSPS) is 16.2. The third-order valence-corrected chi connectivity index (χ3v) is 3.02. The van der Waals surface area contributed by atoms with Crippen LogP contribution in [0.4, 0.5) is 18.9 Å². The Morgan fingerprint density at radius 3 is 2.56 bits per heavy atom. The second-order valence-corrected chi connectivity index (χ2v) is 4.44. The van der Waals surface area contributed by atoms with Crippen LogP contribution in [0.25, 0.3) is 0 Å². The Kier molecular flexibility index (Phi) is 3.49. The number of hydrogen-bond donors (Lipinski definition) is 2. The zero-order valence-corrected chi connectivity index (χ0v) is 9.90. The van der Waals surface area contributed by atoms with Gasteiger partial charge in [-0.2, -0.15) is 13.2 Å². The van der Waals surface area contributed by atoms with Crippen molar-refractivity contribution in [3.05, 3.63) is 28.8 Å². The molecule has 0 atom stereocenters. The van der Waals surface area contributed by atoms with Crippen molar-refractivity contribution in [2.24, 2.45) is 5.92 Å². The molecule has 1 aromatic rings. The van der Waals surface area contributed by atoms with E-state index in [1.165, 1.54) is 6.07 Å². The first-order valence-corrected chi connectivity index (χ1v) is 5.64. The predicted octanol–water partition coefficient (Wildman–Crippen LogP) is 2.52. The van der Waals surface area contributed by atoms with Gasteiger partial charge in [0.05, 0.1) is 16.5 Å². The van der Waals surface area contributed by atoms with Gasteiger partial charge in [0.25, 0.3) is 0 Å². The van der Waals surface area contributed by atoms with E-state index >= 15 is 0 Å². The molecule has 1 fully saturated rings. The Labute approximate surface area is 106 Å². The lowest BCUT2D eigenvalue weighted by Gasteiger charge is -2.25. The molecule has 2 rings (SSSR count). The summed E-state index contributed by atoms with van der Waals surface area (Å²) in [6, 6.07) is 3.31. The van der Waals surface area contributed by atoms with E-state index in [1.54, 1.807) is 0 Å². The molecule has 0 aliphatic carbocycles. The number of rotatable bonds is 2. The third-order valence-electron chi connectivity index (χ3n) is 2.69. The van der Waals surface area contributed by atoms with E-state index in [0.717, 1.165) is 12.1 Å². The summed E-state index contributed by atoms with van der Waals surface area (Å²) < 4.78 is 37.8. The molecule has 0 saturated carbocycles. The maximum Gasteiger partial charge on any atom is 0.417 e. The summed E-state index contributed by atoms with van der Waals surface area (Å²) in [5.41, 5.74) is -0.850. The zero-order chi connectivity index (χ0) is 13.3. The van der Waals surface area contributed by atoms with Crippen molar-refractivity contribution in [2.75, 3.05) is 18.4 Å². The Morgan fingerprint density at radius 2 is 2.06 bits per heavy atom. The Hall–Kier alpha value is -1.27. The predicted molar refractivity (Wildman–Crippen MR) is 61.4 cm³/mol. The van der Waals surface area contributed by atoms with Crippen molar-refractivity contribution >= 4 is 23.2 Å². The first-order valence-electron chi connectivity index (χ1n) is 5.26. The van der Waals surface area contributed by atoms with Crippen molar-refractivity contribution < 1.29 is 18.0 Å². The first-order chi connectivity index (χ1) is 8.38. The minimum atomic E-state index is -4.53. The van der Waals surface area contributed by atoms with Gasteiger partial charge >= 0.3 is 6.18 Å². The molecule has 0 aromatic heterocycles. The highest BCUT2D eigenvalue weighted by molar-refractivity contribution is 6.31. The number of alkyl halides is 3. The molecule has 7 heteroatoms. The second-order valence-electron chi connectivity index (χ2n) is 4.04. The summed E-state index contributed by atoms with van der Waals surface area (Å²) in [5, 5.41) is 4.97. The van der Waals surface area contributed by atoms with E-state index in [9.17, 15) is 18.0 Å². The molecular formula is C11H10ClF3N2O. The van der Waals surface area contributed by atoms with Crippen LogP contribution in [0.2, 0.25) is 5.02 Å². The molecule has 98 valence electrons. The van der Waals surface area contributed by atoms with Gasteiger partial charge in [-0.3, -0.25) is 4.79 Å². The van der Waals surface area contributed by atoms with Crippen LogP contribution in [-0.4, -0.2) is 19.0 Å². The van der Waals surface area contributed by atoms with Gasteiger partial charge in [0.1, 0.15) is 0 Å². The molecule has 0 spiro atoms. The molecule has 3 nitrogen and oxygen atoms in total. The molecular weight excluding hydrogens is 269 g/mol. The highest BCUT2D eigenvalue weighted by Gasteiger charge is 2.33. The maximum absolute atomic E-state index is 12.6. The average Bonchev–Trinajstić information content (AvgIpc) is 2.16. The average molecular weight is 279 g/mol. The Bertz CT molecular complexity index is 472. The molecule has 1 saturated heterocycles. The molecule has 1 aliphatic rings. The fraction of sp³-hybridized carbons (Fsp3) is 0.364. The quantitative estimate of drug-likeness (QED) is 0.873. The van der Waals surface area contributed by atoms with E-state index in [0.29, 0.717) is 13.1 Å². The lowest BCUT2D eigenvalue weighted by Crippen LogP contribution is -2.48. The molecule has 1 heterocycles. The monoisotopic (exact) mass is 278 g/mol. The first kappa shape index (κ1) is 13.2. The minimum Gasteiger partial charge on any atom is -0.326 e. The molecule has 18 heavy (non-hydrogen) atoms. The lowest BCUT2D eigenvalue weighted by molar-refractivity contribution is -0.137. The number of amides is 1. The van der Waals surface area contributed by atoms with E-state index in [1.807, 2.05) is 0 Å². The molecule has 1 aromatic carbocycles. The van der Waals surface area contributed by atoms with Gasteiger partial charge in [-0.1, -0.05) is 11.6 Å². The summed E-state index contributed by atoms with van der Waals surface area (Å²) in [6.07, 6.45) is -4.53. The maximum atomic E-state index is 12.6. The van der Waals surface area contributed by atoms with E-state index in [-0.39, 0.29) is 22.5 Å². The van der Waals surface area contributed by atoms with Crippen molar-refractivity contribution in [1.82, 2.24) is 5.32 Å². The summed E-state index contributed by atoms with van der Waals surface area (Å²) in [5.74, 6) is -0.473. The molecule has 1 aliphatic heterocycles. The summed E-state index contributed by atoms with van der Waals surface area (Å²) in [4.78, 5) is 11.6. The number of hydrogen-bond acceptors (Lipinski definition) is 2. The zero-order valence-electron chi connectivity index (χ0n) is 9.14. The molecule has 0 radical (unpaired) electrons. The highest BCUT2D eigenvalue weighted by atomic mass is 35.5. The topological polar surface area (TPSA) is 41.1 Å². The number of anilines is 1. The number of carbonyl (C=O) groups excluding carboxylic acids is 1. The van der Waals surface area contributed by atoms with Crippen LogP contribution in [0, 0.1) is 5.92 Å². The van der Waals surface area contributed by atoms with Crippen molar-refractivity contribution in [2.45, 2.75) is 6.18 Å². The van der Waals surface area contributed by atoms with Crippen LogP contribution in [0.3, 0.4) is 0 Å². The van der Waals surface area contributed by atoms with Gasteiger partial charge < -0.3 is 10.6 Å². The standard InChI is InChI=1S/C11H10ClF3N2O/c12-9-2-1-7(3-8(9)11(13,14)15)17-10(18)6-4-16-5-6/h1-3,6,16H,4-5H2,(H,17,18). The van der Waals surface area contributed by atoms with E-state index < -0.39 is 11.7 Å². The largest absolute Gasteiger partial charge is 0.417 e. The van der Waals surface area contributed by atoms with E-state index in [4.69, 9.17) is 11.6 Å². The minimum absolute atomic E-state index is 0.101. The van der Waals surface area contributed by atoms with Crippen molar-refractivity contribution in [1.29, 1.82) is 0 Å². The van der Waals surface area contributed by atoms with Crippen LogP contribution in [0.5, 0.6) is 0 Å². The van der Waals surface area contributed by atoms with Crippen LogP contribution < -0.4 is 10.6 Å². The summed E-state index contributed by atoms with van der Waals surface area (Å²) in [6.45, 7) is 1.09. The van der Waals surface area contributed by atoms with E-state index in [2.05, 4.69) is 10.6 Å². The van der Waals surface area contributed by atoms with Crippen molar-refractivity contribution in [3.63, 3.8) is 0 Å². The van der Waals surface area contributed by atoms with Gasteiger partial charge in [-0.05, 0) is 18.2 Å². The fourth-order valence-electron chi connectivity index (χ4n) is 1.54. The molecule has 0 bridgehead atoms.